The van der Waals surface area contributed by atoms with E-state index in [4.69, 9.17) is 14.2 Å². The van der Waals surface area contributed by atoms with Gasteiger partial charge in [-0.25, -0.2) is 4.79 Å². The van der Waals surface area contributed by atoms with Gasteiger partial charge >= 0.3 is 5.97 Å². The Morgan fingerprint density at radius 2 is 1.93 bits per heavy atom. The number of fused-ring (bicyclic) bond motifs is 3. The summed E-state index contributed by atoms with van der Waals surface area (Å²) >= 11 is 0. The lowest BCUT2D eigenvalue weighted by Crippen LogP contribution is -2.40. The Bertz CT molecular complexity index is 912. The van der Waals surface area contributed by atoms with Crippen LogP contribution in [0.3, 0.4) is 0 Å². The van der Waals surface area contributed by atoms with E-state index in [-0.39, 0.29) is 11.9 Å². The van der Waals surface area contributed by atoms with Crippen LogP contribution in [0, 0.1) is 0 Å². The Labute approximate surface area is 163 Å². The van der Waals surface area contributed by atoms with E-state index < -0.39 is 0 Å². The Morgan fingerprint density at radius 1 is 1.14 bits per heavy atom. The largest absolute Gasteiger partial charge is 0.496 e. The zero-order chi connectivity index (χ0) is 19.7. The van der Waals surface area contributed by atoms with E-state index in [1.54, 1.807) is 18.9 Å². The highest BCUT2D eigenvalue weighted by atomic mass is 16.5. The first-order valence-corrected chi connectivity index (χ1v) is 9.58. The van der Waals surface area contributed by atoms with Crippen molar-refractivity contribution < 1.29 is 23.8 Å². The molecule has 148 valence electrons. The molecule has 1 aromatic heterocycles. The standard InChI is InChI=1S/C21H24N2O5/c1-3-28-21(25)15-10-18-16-12-17(20(24)22-6-8-27-9-7-22)19(26-2)11-14(16)4-5-23(18)13-15/h10-13H,3-9H2,1-2H3. The lowest BCUT2D eigenvalue weighted by molar-refractivity contribution is 0.0301. The Morgan fingerprint density at radius 3 is 2.64 bits per heavy atom. The lowest BCUT2D eigenvalue weighted by Gasteiger charge is -2.28. The van der Waals surface area contributed by atoms with Gasteiger partial charge in [0.1, 0.15) is 5.75 Å². The summed E-state index contributed by atoms with van der Waals surface area (Å²) in [5, 5.41) is 0. The first-order valence-electron chi connectivity index (χ1n) is 9.58. The van der Waals surface area contributed by atoms with Crippen molar-refractivity contribution in [1.82, 2.24) is 9.47 Å². The van der Waals surface area contributed by atoms with Gasteiger partial charge in [-0.2, -0.15) is 0 Å². The quantitative estimate of drug-likeness (QED) is 0.757. The number of benzene rings is 1. The fourth-order valence-corrected chi connectivity index (χ4v) is 3.83. The zero-order valence-corrected chi connectivity index (χ0v) is 16.2. The van der Waals surface area contributed by atoms with Crippen molar-refractivity contribution in [3.63, 3.8) is 0 Å². The molecule has 0 aliphatic carbocycles. The maximum Gasteiger partial charge on any atom is 0.339 e. The van der Waals surface area contributed by atoms with Gasteiger partial charge in [-0.15, -0.1) is 0 Å². The van der Waals surface area contributed by atoms with E-state index in [1.807, 2.05) is 29.0 Å². The summed E-state index contributed by atoms with van der Waals surface area (Å²) in [7, 11) is 1.59. The second kappa shape index (κ2) is 7.67. The van der Waals surface area contributed by atoms with Crippen molar-refractivity contribution in [3.8, 4) is 17.0 Å². The van der Waals surface area contributed by atoms with E-state index >= 15 is 0 Å². The maximum atomic E-state index is 13.1. The molecule has 0 atom stereocenters. The third-order valence-corrected chi connectivity index (χ3v) is 5.26. The molecule has 7 heteroatoms. The first-order chi connectivity index (χ1) is 13.6. The molecule has 3 heterocycles. The van der Waals surface area contributed by atoms with Crippen LogP contribution in [0.5, 0.6) is 5.75 Å². The van der Waals surface area contributed by atoms with Crippen molar-refractivity contribution >= 4 is 11.9 Å². The summed E-state index contributed by atoms with van der Waals surface area (Å²) in [6.45, 7) is 5.13. The Kier molecular flexibility index (Phi) is 5.09. The number of morpholine rings is 1. The van der Waals surface area contributed by atoms with Crippen LogP contribution in [0.1, 0.15) is 33.2 Å². The van der Waals surface area contributed by atoms with Gasteiger partial charge in [-0.3, -0.25) is 4.79 Å². The smallest absolute Gasteiger partial charge is 0.339 e. The molecule has 28 heavy (non-hydrogen) atoms. The SMILES string of the molecule is CCOC(=O)c1cc2n(c1)CCc1cc(OC)c(C(=O)N3CCOCC3)cc1-2. The fraction of sp³-hybridized carbons (Fsp3) is 0.429. The third-order valence-electron chi connectivity index (χ3n) is 5.26. The molecule has 0 bridgehead atoms. The number of aromatic nitrogens is 1. The number of aryl methyl sites for hydroxylation is 2. The van der Waals surface area contributed by atoms with Crippen molar-refractivity contribution in [3.05, 3.63) is 41.1 Å². The molecule has 2 aliphatic heterocycles. The van der Waals surface area contributed by atoms with Crippen molar-refractivity contribution in [2.45, 2.75) is 19.9 Å². The van der Waals surface area contributed by atoms with Crippen LogP contribution in [-0.4, -0.2) is 61.4 Å². The van der Waals surface area contributed by atoms with Crippen LogP contribution in [0.4, 0.5) is 0 Å². The second-order valence-corrected chi connectivity index (χ2v) is 6.89. The molecule has 7 nitrogen and oxygen atoms in total. The molecule has 2 aromatic rings. The summed E-state index contributed by atoms with van der Waals surface area (Å²) in [6.07, 6.45) is 2.63. The molecule has 1 aromatic carbocycles. The van der Waals surface area contributed by atoms with Crippen LogP contribution in [0.2, 0.25) is 0 Å². The van der Waals surface area contributed by atoms with Gasteiger partial charge in [0, 0.05) is 37.1 Å². The molecule has 0 N–H and O–H groups in total. The summed E-state index contributed by atoms with van der Waals surface area (Å²) in [5.41, 5.74) is 4.05. The van der Waals surface area contributed by atoms with Gasteiger partial charge in [0.15, 0.2) is 0 Å². The highest BCUT2D eigenvalue weighted by Gasteiger charge is 2.26. The highest BCUT2D eigenvalue weighted by molar-refractivity contribution is 5.99. The molecule has 4 rings (SSSR count). The van der Waals surface area contributed by atoms with E-state index in [1.165, 1.54) is 0 Å². The molecule has 2 aliphatic rings. The minimum absolute atomic E-state index is 0.0581. The second-order valence-electron chi connectivity index (χ2n) is 6.89. The third kappa shape index (κ3) is 3.26. The molecule has 1 amide bonds. The summed E-state index contributed by atoms with van der Waals surface area (Å²) in [4.78, 5) is 27.0. The number of amides is 1. The molecule has 0 radical (unpaired) electrons. The van der Waals surface area contributed by atoms with Gasteiger partial charge in [-0.05, 0) is 37.1 Å². The number of esters is 1. The number of nitrogens with zero attached hydrogens (tertiary/aromatic N) is 2. The van der Waals surface area contributed by atoms with Gasteiger partial charge in [0.2, 0.25) is 0 Å². The first kappa shape index (κ1) is 18.6. The van der Waals surface area contributed by atoms with Crippen LogP contribution in [0.25, 0.3) is 11.3 Å². The number of hydrogen-bond donors (Lipinski definition) is 0. The number of rotatable bonds is 4. The lowest BCUT2D eigenvalue weighted by atomic mass is 9.94. The number of carbonyl (C=O) groups is 2. The van der Waals surface area contributed by atoms with Crippen LogP contribution in [0.15, 0.2) is 24.4 Å². The van der Waals surface area contributed by atoms with E-state index in [2.05, 4.69) is 0 Å². The predicted octanol–water partition coefficient (Wildman–Crippen LogP) is 2.37. The number of ether oxygens (including phenoxy) is 3. The van der Waals surface area contributed by atoms with Crippen molar-refractivity contribution in [2.24, 2.45) is 0 Å². The van der Waals surface area contributed by atoms with Crippen LogP contribution in [-0.2, 0) is 22.4 Å². The Balaban J connectivity index is 1.74. The Hall–Kier alpha value is -2.80. The fourth-order valence-electron chi connectivity index (χ4n) is 3.83. The van der Waals surface area contributed by atoms with Gasteiger partial charge in [-0.1, -0.05) is 0 Å². The number of methoxy groups -OCH3 is 1. The van der Waals surface area contributed by atoms with E-state index in [9.17, 15) is 9.59 Å². The van der Waals surface area contributed by atoms with E-state index in [0.717, 1.165) is 29.8 Å². The molecule has 0 unspecified atom stereocenters. The molecular weight excluding hydrogens is 360 g/mol. The van der Waals surface area contributed by atoms with E-state index in [0.29, 0.717) is 49.8 Å². The molecule has 0 spiro atoms. The molecule has 1 saturated heterocycles. The minimum Gasteiger partial charge on any atom is -0.496 e. The maximum absolute atomic E-state index is 13.1. The van der Waals surface area contributed by atoms with Crippen molar-refractivity contribution in [2.75, 3.05) is 40.0 Å². The summed E-state index contributed by atoms with van der Waals surface area (Å²) < 4.78 is 18.1. The normalized spacial score (nSPS) is 15.6. The molecule has 1 fully saturated rings. The highest BCUT2D eigenvalue weighted by Crippen LogP contribution is 2.36. The van der Waals surface area contributed by atoms with Crippen molar-refractivity contribution in [1.29, 1.82) is 0 Å². The predicted molar refractivity (Wildman–Crippen MR) is 103 cm³/mol. The number of carbonyl (C=O) groups excluding carboxylic acids is 2. The summed E-state index contributed by atoms with van der Waals surface area (Å²) in [6, 6.07) is 5.68. The summed E-state index contributed by atoms with van der Waals surface area (Å²) in [5.74, 6) is 0.196. The number of hydrogen-bond acceptors (Lipinski definition) is 5. The average molecular weight is 384 g/mol. The van der Waals surface area contributed by atoms with Gasteiger partial charge in [0.25, 0.3) is 5.91 Å². The van der Waals surface area contributed by atoms with Gasteiger partial charge in [0.05, 0.1) is 38.1 Å². The minimum atomic E-state index is -0.330. The van der Waals surface area contributed by atoms with Gasteiger partial charge < -0.3 is 23.7 Å². The average Bonchev–Trinajstić information content (AvgIpc) is 3.18. The molecule has 0 saturated carbocycles. The van der Waals surface area contributed by atoms with Crippen LogP contribution < -0.4 is 4.74 Å². The van der Waals surface area contributed by atoms with Crippen LogP contribution >= 0.6 is 0 Å². The topological polar surface area (TPSA) is 70.0 Å². The zero-order valence-electron chi connectivity index (χ0n) is 16.2. The monoisotopic (exact) mass is 384 g/mol. The molecular formula is C21H24N2O5.